The molecule has 1 N–H and O–H groups in total. The van der Waals surface area contributed by atoms with E-state index in [4.69, 9.17) is 0 Å². The third kappa shape index (κ3) is 4.36. The summed E-state index contributed by atoms with van der Waals surface area (Å²) in [7, 11) is 0. The number of nitrogens with one attached hydrogen (secondary N) is 1. The summed E-state index contributed by atoms with van der Waals surface area (Å²) in [5, 5.41) is 2.84. The van der Waals surface area contributed by atoms with E-state index in [-0.39, 0.29) is 17.6 Å². The van der Waals surface area contributed by atoms with Crippen molar-refractivity contribution in [2.45, 2.75) is 17.9 Å². The molecule has 0 aromatic heterocycles. The summed E-state index contributed by atoms with van der Waals surface area (Å²) >= 11 is 1.49. The average Bonchev–Trinajstić information content (AvgIpc) is 2.94. The van der Waals surface area contributed by atoms with Gasteiger partial charge in [0, 0.05) is 43.2 Å². The van der Waals surface area contributed by atoms with E-state index in [1.165, 1.54) is 23.9 Å². The molecule has 28 heavy (non-hydrogen) atoms. The molecular weight excluding hydrogens is 377 g/mol. The molecular formula is C21H22FN3O2S. The van der Waals surface area contributed by atoms with Crippen molar-refractivity contribution in [3.63, 3.8) is 0 Å². The van der Waals surface area contributed by atoms with Crippen LogP contribution in [-0.2, 0) is 11.3 Å². The summed E-state index contributed by atoms with van der Waals surface area (Å²) in [6.07, 6.45) is 0.893. The molecule has 0 aliphatic carbocycles. The predicted molar refractivity (Wildman–Crippen MR) is 108 cm³/mol. The molecule has 0 radical (unpaired) electrons. The van der Waals surface area contributed by atoms with Crippen LogP contribution < -0.4 is 5.32 Å². The number of nitrogens with zero attached hydrogens (tertiary/aromatic N) is 2. The Morgan fingerprint density at radius 2 is 1.89 bits per heavy atom. The second-order valence-corrected chi connectivity index (χ2v) is 8.11. The lowest BCUT2D eigenvalue weighted by Crippen LogP contribution is -2.35. The molecule has 2 aliphatic rings. The van der Waals surface area contributed by atoms with Gasteiger partial charge in [-0.2, -0.15) is 0 Å². The fourth-order valence-corrected chi connectivity index (χ4v) is 4.37. The van der Waals surface area contributed by atoms with E-state index in [1.807, 2.05) is 29.2 Å². The smallest absolute Gasteiger partial charge is 0.253 e. The van der Waals surface area contributed by atoms with Crippen LogP contribution in [0.2, 0.25) is 0 Å². The van der Waals surface area contributed by atoms with E-state index in [0.717, 1.165) is 42.2 Å². The van der Waals surface area contributed by atoms with Crippen molar-refractivity contribution in [3.8, 4) is 0 Å². The average molecular weight is 399 g/mol. The fourth-order valence-electron chi connectivity index (χ4n) is 3.58. The lowest BCUT2D eigenvalue weighted by Gasteiger charge is -2.23. The monoisotopic (exact) mass is 399 g/mol. The molecule has 0 spiro atoms. The molecule has 2 aromatic carbocycles. The van der Waals surface area contributed by atoms with E-state index in [1.54, 1.807) is 6.07 Å². The molecule has 2 aromatic rings. The van der Waals surface area contributed by atoms with Gasteiger partial charge in [-0.05, 0) is 42.3 Å². The van der Waals surface area contributed by atoms with Crippen molar-refractivity contribution in [2.75, 3.05) is 37.2 Å². The first-order chi connectivity index (χ1) is 13.6. The van der Waals surface area contributed by atoms with Crippen molar-refractivity contribution in [3.05, 3.63) is 59.4 Å². The van der Waals surface area contributed by atoms with Crippen LogP contribution in [0.3, 0.4) is 0 Å². The molecule has 0 saturated carbocycles. The molecule has 146 valence electrons. The molecule has 0 bridgehead atoms. The standard InChI is InChI=1S/C21H22FN3O2S/c22-17-5-2-15(3-6-17)13-24-8-1-9-25(11-10-24)21(27)16-4-7-19-18(12-16)23-20(26)14-28-19/h2-7,12H,1,8-11,13-14H2,(H,23,26). The largest absolute Gasteiger partial charge is 0.337 e. The van der Waals surface area contributed by atoms with E-state index in [9.17, 15) is 14.0 Å². The lowest BCUT2D eigenvalue weighted by atomic mass is 10.1. The highest BCUT2D eigenvalue weighted by atomic mass is 32.2. The van der Waals surface area contributed by atoms with Crippen LogP contribution in [-0.4, -0.2) is 53.5 Å². The highest BCUT2D eigenvalue weighted by Gasteiger charge is 2.22. The molecule has 7 heteroatoms. The zero-order valence-electron chi connectivity index (χ0n) is 15.5. The van der Waals surface area contributed by atoms with Crippen LogP contribution in [0.25, 0.3) is 0 Å². The topological polar surface area (TPSA) is 52.7 Å². The van der Waals surface area contributed by atoms with Crippen LogP contribution >= 0.6 is 11.8 Å². The van der Waals surface area contributed by atoms with E-state index in [0.29, 0.717) is 24.4 Å². The molecule has 1 saturated heterocycles. The number of hydrogen-bond donors (Lipinski definition) is 1. The summed E-state index contributed by atoms with van der Waals surface area (Å²) in [6.45, 7) is 3.79. The number of hydrogen-bond acceptors (Lipinski definition) is 4. The number of benzene rings is 2. The van der Waals surface area contributed by atoms with Gasteiger partial charge in [0.25, 0.3) is 5.91 Å². The number of anilines is 1. The second kappa shape index (κ2) is 8.32. The third-order valence-corrected chi connectivity index (χ3v) is 6.13. The minimum Gasteiger partial charge on any atom is -0.337 e. The Morgan fingerprint density at radius 3 is 2.71 bits per heavy atom. The summed E-state index contributed by atoms with van der Waals surface area (Å²) in [4.78, 5) is 29.7. The Kier molecular flexibility index (Phi) is 5.64. The molecule has 2 heterocycles. The fraction of sp³-hybridized carbons (Fsp3) is 0.333. The maximum absolute atomic E-state index is 13.1. The zero-order chi connectivity index (χ0) is 19.5. The van der Waals surface area contributed by atoms with Gasteiger partial charge in [-0.3, -0.25) is 14.5 Å². The Balaban J connectivity index is 1.40. The van der Waals surface area contributed by atoms with Crippen LogP contribution in [0.15, 0.2) is 47.4 Å². The van der Waals surface area contributed by atoms with Gasteiger partial charge in [-0.15, -0.1) is 11.8 Å². The predicted octanol–water partition coefficient (Wildman–Crippen LogP) is 3.22. The Labute approximate surface area is 167 Å². The minimum absolute atomic E-state index is 0.00347. The molecule has 4 rings (SSSR count). The van der Waals surface area contributed by atoms with Gasteiger partial charge in [0.15, 0.2) is 0 Å². The number of fused-ring (bicyclic) bond motifs is 1. The van der Waals surface area contributed by atoms with Crippen LogP contribution in [0.5, 0.6) is 0 Å². The van der Waals surface area contributed by atoms with E-state index < -0.39 is 0 Å². The summed E-state index contributed by atoms with van der Waals surface area (Å²) < 4.78 is 13.1. The maximum atomic E-state index is 13.1. The van der Waals surface area contributed by atoms with Crippen LogP contribution in [0.1, 0.15) is 22.3 Å². The SMILES string of the molecule is O=C1CSc2ccc(C(=O)N3CCCN(Cc4ccc(F)cc4)CC3)cc2N1. The number of carbonyl (C=O) groups is 2. The molecule has 2 amide bonds. The minimum atomic E-state index is -0.226. The second-order valence-electron chi connectivity index (χ2n) is 7.10. The maximum Gasteiger partial charge on any atom is 0.253 e. The Morgan fingerprint density at radius 1 is 1.07 bits per heavy atom. The number of rotatable bonds is 3. The number of thioether (sulfide) groups is 1. The molecule has 2 aliphatic heterocycles. The number of carbonyl (C=O) groups excluding carboxylic acids is 2. The van der Waals surface area contributed by atoms with Crippen LogP contribution in [0, 0.1) is 5.82 Å². The first kappa shape index (κ1) is 19.0. The van der Waals surface area contributed by atoms with Gasteiger partial charge >= 0.3 is 0 Å². The highest BCUT2D eigenvalue weighted by Crippen LogP contribution is 2.32. The van der Waals surface area contributed by atoms with Gasteiger partial charge in [-0.1, -0.05) is 12.1 Å². The summed E-state index contributed by atoms with van der Waals surface area (Å²) in [5.74, 6) is 0.150. The highest BCUT2D eigenvalue weighted by molar-refractivity contribution is 8.00. The summed E-state index contributed by atoms with van der Waals surface area (Å²) in [6, 6.07) is 12.1. The number of halogens is 1. The first-order valence-electron chi connectivity index (χ1n) is 9.41. The molecule has 1 fully saturated rings. The molecule has 0 atom stereocenters. The van der Waals surface area contributed by atoms with Crippen molar-refractivity contribution in [2.24, 2.45) is 0 Å². The quantitative estimate of drug-likeness (QED) is 0.861. The van der Waals surface area contributed by atoms with E-state index in [2.05, 4.69) is 10.2 Å². The van der Waals surface area contributed by atoms with Gasteiger partial charge in [0.05, 0.1) is 11.4 Å². The normalized spacial score (nSPS) is 17.6. The van der Waals surface area contributed by atoms with Gasteiger partial charge in [0.2, 0.25) is 5.91 Å². The van der Waals surface area contributed by atoms with Gasteiger partial charge in [-0.25, -0.2) is 4.39 Å². The number of amides is 2. The van der Waals surface area contributed by atoms with Crippen molar-refractivity contribution >= 4 is 29.3 Å². The van der Waals surface area contributed by atoms with Crippen molar-refractivity contribution < 1.29 is 14.0 Å². The van der Waals surface area contributed by atoms with Crippen molar-refractivity contribution in [1.29, 1.82) is 0 Å². The van der Waals surface area contributed by atoms with Crippen LogP contribution in [0.4, 0.5) is 10.1 Å². The van der Waals surface area contributed by atoms with Gasteiger partial charge < -0.3 is 10.2 Å². The summed E-state index contributed by atoms with van der Waals surface area (Å²) in [5.41, 5.74) is 2.40. The Bertz CT molecular complexity index is 888. The molecule has 5 nitrogen and oxygen atoms in total. The molecule has 0 unspecified atom stereocenters. The first-order valence-corrected chi connectivity index (χ1v) is 10.4. The van der Waals surface area contributed by atoms with Gasteiger partial charge in [0.1, 0.15) is 5.82 Å². The zero-order valence-corrected chi connectivity index (χ0v) is 16.3. The van der Waals surface area contributed by atoms with E-state index >= 15 is 0 Å². The third-order valence-electron chi connectivity index (χ3n) is 5.05. The van der Waals surface area contributed by atoms with Crippen molar-refractivity contribution in [1.82, 2.24) is 9.80 Å². The lowest BCUT2D eigenvalue weighted by molar-refractivity contribution is -0.113. The Hall–Kier alpha value is -2.38.